The molecule has 0 saturated carbocycles. The van der Waals surface area contributed by atoms with Gasteiger partial charge in [0.2, 0.25) is 0 Å². The first-order valence-corrected chi connectivity index (χ1v) is 28.0. The van der Waals surface area contributed by atoms with Gasteiger partial charge in [-0.25, -0.2) is 0 Å². The minimum atomic E-state index is -0.801. The largest absolute Gasteiger partial charge is 0.462 e. The summed E-state index contributed by atoms with van der Waals surface area (Å²) in [6, 6.07) is 0. The van der Waals surface area contributed by atoms with Crippen molar-refractivity contribution in [2.24, 2.45) is 0 Å². The van der Waals surface area contributed by atoms with E-state index in [0.29, 0.717) is 19.3 Å². The molecule has 0 aliphatic heterocycles. The summed E-state index contributed by atoms with van der Waals surface area (Å²) < 4.78 is 16.8. The van der Waals surface area contributed by atoms with Gasteiger partial charge in [0.15, 0.2) is 6.10 Å². The second kappa shape index (κ2) is 55.7. The molecule has 6 nitrogen and oxygen atoms in total. The standard InChI is InChI=1S/C62H102O6/c1-4-7-10-13-16-19-22-25-28-30-32-34-37-40-43-46-49-52-55-61(64)67-58-59(57-66-60(63)54-51-48-45-42-39-36-33-27-24-21-18-15-12-9-6-3)68-62(65)56-53-50-47-44-41-38-35-31-29-26-23-20-17-14-11-8-5-2/h10,13,16-22,24-30,32,34,59H,4-9,11-12,14-15,23,31,33,35-58H2,1-3H3/b13-10-,19-16-,20-17-,21-18-,25-22-,27-24-,29-26-,30-28-,34-32-. The molecule has 0 radical (unpaired) electrons. The minimum absolute atomic E-state index is 0.0977. The van der Waals surface area contributed by atoms with Crippen LogP contribution in [0.25, 0.3) is 0 Å². The summed E-state index contributed by atoms with van der Waals surface area (Å²) in [7, 11) is 0. The van der Waals surface area contributed by atoms with Crippen molar-refractivity contribution in [1.82, 2.24) is 0 Å². The molecule has 0 aliphatic carbocycles. The molecule has 68 heavy (non-hydrogen) atoms. The predicted molar refractivity (Wildman–Crippen MR) is 293 cm³/mol. The number of allylic oxidation sites excluding steroid dienone is 18. The fourth-order valence-corrected chi connectivity index (χ4v) is 7.37. The molecule has 0 aromatic carbocycles. The van der Waals surface area contributed by atoms with E-state index in [1.807, 2.05) is 24.3 Å². The van der Waals surface area contributed by atoms with Gasteiger partial charge in [-0.15, -0.1) is 0 Å². The third kappa shape index (κ3) is 53.0. The number of carbonyl (C=O) groups is 3. The number of ether oxygens (including phenoxy) is 3. The number of unbranched alkanes of at least 4 members (excludes halogenated alkanes) is 25. The van der Waals surface area contributed by atoms with Crippen LogP contribution in [0.3, 0.4) is 0 Å². The summed E-state index contributed by atoms with van der Waals surface area (Å²) in [4.78, 5) is 38.1. The normalized spacial score (nSPS) is 12.9. The van der Waals surface area contributed by atoms with E-state index in [-0.39, 0.29) is 31.1 Å². The Kier molecular flexibility index (Phi) is 52.4. The topological polar surface area (TPSA) is 78.9 Å². The smallest absolute Gasteiger partial charge is 0.306 e. The highest BCUT2D eigenvalue weighted by Crippen LogP contribution is 2.14. The maximum Gasteiger partial charge on any atom is 0.306 e. The Morgan fingerprint density at radius 3 is 1.01 bits per heavy atom. The molecule has 0 spiro atoms. The molecule has 0 rings (SSSR count). The van der Waals surface area contributed by atoms with Crippen LogP contribution in [0, 0.1) is 0 Å². The predicted octanol–water partition coefficient (Wildman–Crippen LogP) is 18.7. The van der Waals surface area contributed by atoms with Crippen LogP contribution < -0.4 is 0 Å². The summed E-state index contributed by atoms with van der Waals surface area (Å²) in [6.45, 7) is 6.46. The van der Waals surface area contributed by atoms with Crippen molar-refractivity contribution in [2.45, 2.75) is 252 Å². The molecule has 0 aromatic rings. The number of esters is 3. The molecular weight excluding hydrogens is 841 g/mol. The summed E-state index contributed by atoms with van der Waals surface area (Å²) in [5.41, 5.74) is 0. The van der Waals surface area contributed by atoms with Gasteiger partial charge in [-0.2, -0.15) is 0 Å². The molecule has 0 saturated heterocycles. The fourth-order valence-electron chi connectivity index (χ4n) is 7.37. The van der Waals surface area contributed by atoms with E-state index in [9.17, 15) is 14.4 Å². The summed E-state index contributed by atoms with van der Waals surface area (Å²) in [5, 5.41) is 0. The zero-order valence-corrected chi connectivity index (χ0v) is 44.1. The van der Waals surface area contributed by atoms with Crippen LogP contribution in [0.1, 0.15) is 245 Å². The molecule has 0 amide bonds. The Hall–Kier alpha value is -3.93. The summed E-state index contributed by atoms with van der Waals surface area (Å²) in [6.07, 6.45) is 74.9. The van der Waals surface area contributed by atoms with E-state index in [1.165, 1.54) is 103 Å². The zero-order valence-electron chi connectivity index (χ0n) is 44.1. The highest BCUT2D eigenvalue weighted by molar-refractivity contribution is 5.71. The SMILES string of the molecule is CCC\C=C/C=C\C=C/C=C\C=C/CCCCCCCC(=O)OCC(COC(=O)CCCCCCCC/C=C\C=C/CCCCC)OC(=O)CCCCCCCCC/C=C\C/C=C\CCCCC. The lowest BCUT2D eigenvalue weighted by atomic mass is 10.1. The van der Waals surface area contributed by atoms with Crippen LogP contribution in [0.5, 0.6) is 0 Å². The van der Waals surface area contributed by atoms with Gasteiger partial charge in [0, 0.05) is 19.3 Å². The van der Waals surface area contributed by atoms with E-state index < -0.39 is 6.10 Å². The van der Waals surface area contributed by atoms with Crippen molar-refractivity contribution < 1.29 is 28.6 Å². The Balaban J connectivity index is 4.49. The van der Waals surface area contributed by atoms with Crippen molar-refractivity contribution in [3.8, 4) is 0 Å². The van der Waals surface area contributed by atoms with Crippen LogP contribution in [0.15, 0.2) is 109 Å². The van der Waals surface area contributed by atoms with Crippen molar-refractivity contribution in [3.05, 3.63) is 109 Å². The lowest BCUT2D eigenvalue weighted by Gasteiger charge is -2.18. The third-order valence-electron chi connectivity index (χ3n) is 11.6. The number of hydrogen-bond acceptors (Lipinski definition) is 6. The van der Waals surface area contributed by atoms with E-state index in [2.05, 4.69) is 106 Å². The Labute approximate surface area is 419 Å². The quantitative estimate of drug-likeness (QED) is 0.0199. The highest BCUT2D eigenvalue weighted by atomic mass is 16.6. The molecule has 6 heteroatoms. The van der Waals surface area contributed by atoms with Gasteiger partial charge in [0.25, 0.3) is 0 Å². The Morgan fingerprint density at radius 1 is 0.309 bits per heavy atom. The Morgan fingerprint density at radius 2 is 0.618 bits per heavy atom. The third-order valence-corrected chi connectivity index (χ3v) is 11.6. The van der Waals surface area contributed by atoms with Gasteiger partial charge in [-0.3, -0.25) is 14.4 Å². The lowest BCUT2D eigenvalue weighted by Crippen LogP contribution is -2.30. The number of hydrogen-bond donors (Lipinski definition) is 0. The van der Waals surface area contributed by atoms with Crippen molar-refractivity contribution in [3.63, 3.8) is 0 Å². The van der Waals surface area contributed by atoms with E-state index in [1.54, 1.807) is 0 Å². The molecule has 0 aromatic heterocycles. The summed E-state index contributed by atoms with van der Waals surface area (Å²) >= 11 is 0. The van der Waals surface area contributed by atoms with E-state index in [4.69, 9.17) is 14.2 Å². The molecule has 0 fully saturated rings. The molecule has 1 unspecified atom stereocenters. The molecule has 0 aliphatic rings. The fraction of sp³-hybridized carbons (Fsp3) is 0.661. The molecule has 1 atom stereocenters. The highest BCUT2D eigenvalue weighted by Gasteiger charge is 2.19. The van der Waals surface area contributed by atoms with Gasteiger partial charge in [-0.05, 0) is 96.3 Å². The molecular formula is C62H102O6. The second-order valence-electron chi connectivity index (χ2n) is 18.3. The Bertz CT molecular complexity index is 1410. The lowest BCUT2D eigenvalue weighted by molar-refractivity contribution is -0.167. The first-order chi connectivity index (χ1) is 33.5. The van der Waals surface area contributed by atoms with Gasteiger partial charge in [0.1, 0.15) is 13.2 Å². The minimum Gasteiger partial charge on any atom is -0.462 e. The van der Waals surface area contributed by atoms with Crippen LogP contribution in [0.4, 0.5) is 0 Å². The van der Waals surface area contributed by atoms with Gasteiger partial charge >= 0.3 is 17.9 Å². The molecule has 0 bridgehead atoms. The van der Waals surface area contributed by atoms with Crippen LogP contribution in [-0.2, 0) is 28.6 Å². The van der Waals surface area contributed by atoms with Crippen LogP contribution in [-0.4, -0.2) is 37.2 Å². The maximum atomic E-state index is 12.9. The maximum absolute atomic E-state index is 12.9. The molecule has 0 N–H and O–H groups in total. The van der Waals surface area contributed by atoms with Gasteiger partial charge in [-0.1, -0.05) is 239 Å². The average Bonchev–Trinajstić information content (AvgIpc) is 3.34. The van der Waals surface area contributed by atoms with Crippen molar-refractivity contribution in [1.29, 1.82) is 0 Å². The number of carbonyl (C=O) groups excluding carboxylic acids is 3. The first kappa shape index (κ1) is 64.1. The van der Waals surface area contributed by atoms with E-state index in [0.717, 1.165) is 103 Å². The first-order valence-electron chi connectivity index (χ1n) is 28.0. The second-order valence-corrected chi connectivity index (χ2v) is 18.3. The monoisotopic (exact) mass is 943 g/mol. The zero-order chi connectivity index (χ0) is 49.3. The summed E-state index contributed by atoms with van der Waals surface area (Å²) in [5.74, 6) is -0.942. The molecule has 386 valence electrons. The van der Waals surface area contributed by atoms with Gasteiger partial charge in [0.05, 0.1) is 0 Å². The van der Waals surface area contributed by atoms with Crippen LogP contribution in [0.2, 0.25) is 0 Å². The van der Waals surface area contributed by atoms with Gasteiger partial charge < -0.3 is 14.2 Å². The van der Waals surface area contributed by atoms with Crippen molar-refractivity contribution in [2.75, 3.05) is 13.2 Å². The average molecular weight is 943 g/mol. The van der Waals surface area contributed by atoms with E-state index >= 15 is 0 Å². The number of rotatable bonds is 49. The van der Waals surface area contributed by atoms with Crippen LogP contribution >= 0.6 is 0 Å². The van der Waals surface area contributed by atoms with Crippen molar-refractivity contribution >= 4 is 17.9 Å². The molecule has 0 heterocycles.